The van der Waals surface area contributed by atoms with Crippen LogP contribution in [0.3, 0.4) is 0 Å². The van der Waals surface area contributed by atoms with E-state index in [4.69, 9.17) is 4.98 Å². The van der Waals surface area contributed by atoms with Gasteiger partial charge in [0.05, 0.1) is 11.4 Å². The second kappa shape index (κ2) is 3.17. The van der Waals surface area contributed by atoms with Crippen LogP contribution in [0.5, 0.6) is 0 Å². The molecule has 0 saturated heterocycles. The topological polar surface area (TPSA) is 49.8 Å². The second-order valence-electron chi connectivity index (χ2n) is 5.15. The van der Waals surface area contributed by atoms with Crippen molar-refractivity contribution in [2.45, 2.75) is 50.7 Å². The fourth-order valence-corrected chi connectivity index (χ4v) is 2.36. The van der Waals surface area contributed by atoms with Gasteiger partial charge in [0.25, 0.3) is 0 Å². The Morgan fingerprint density at radius 3 is 2.69 bits per heavy atom. The van der Waals surface area contributed by atoms with E-state index in [9.17, 15) is 0 Å². The van der Waals surface area contributed by atoms with Crippen LogP contribution >= 0.6 is 0 Å². The largest absolute Gasteiger partial charge is 0.351 e. The number of nitrogens with zero attached hydrogens (tertiary/aromatic N) is 2. The second-order valence-corrected chi connectivity index (χ2v) is 5.15. The summed E-state index contributed by atoms with van der Waals surface area (Å²) in [6.07, 6.45) is 5.17. The van der Waals surface area contributed by atoms with Crippen LogP contribution in [0.2, 0.25) is 0 Å². The Hall–Kier alpha value is -1.16. The molecule has 16 heavy (non-hydrogen) atoms. The number of fused-ring (bicyclic) bond motifs is 1. The third-order valence-corrected chi connectivity index (χ3v) is 3.59. The maximum Gasteiger partial charge on any atom is 0.223 e. The zero-order chi connectivity index (χ0) is 10.5. The van der Waals surface area contributed by atoms with E-state index in [0.717, 1.165) is 25.0 Å². The van der Waals surface area contributed by atoms with Crippen LogP contribution in [0, 0.1) is 0 Å². The molecule has 0 unspecified atom stereocenters. The minimum Gasteiger partial charge on any atom is -0.351 e. The number of nitrogens with one attached hydrogen (secondary N) is 2. The van der Waals surface area contributed by atoms with Crippen LogP contribution in [-0.4, -0.2) is 16.0 Å². The van der Waals surface area contributed by atoms with Crippen LogP contribution in [0.1, 0.15) is 48.6 Å². The highest BCUT2D eigenvalue weighted by atomic mass is 15.2. The molecule has 0 radical (unpaired) electrons. The lowest BCUT2D eigenvalue weighted by molar-refractivity contribution is 0.755. The van der Waals surface area contributed by atoms with E-state index >= 15 is 0 Å². The fraction of sp³-hybridized carbons (Fsp3) is 0.667. The van der Waals surface area contributed by atoms with Crippen molar-refractivity contribution >= 4 is 5.95 Å². The van der Waals surface area contributed by atoms with Crippen molar-refractivity contribution in [3.8, 4) is 0 Å². The number of anilines is 1. The van der Waals surface area contributed by atoms with Gasteiger partial charge < -0.3 is 10.6 Å². The normalized spacial score (nSPS) is 23.2. The summed E-state index contributed by atoms with van der Waals surface area (Å²) >= 11 is 0. The summed E-state index contributed by atoms with van der Waals surface area (Å²) in [5, 5.41) is 6.80. The van der Waals surface area contributed by atoms with Crippen molar-refractivity contribution in [3.63, 3.8) is 0 Å². The van der Waals surface area contributed by atoms with Gasteiger partial charge in [0.1, 0.15) is 0 Å². The minimum atomic E-state index is 0.638. The van der Waals surface area contributed by atoms with Gasteiger partial charge in [-0.15, -0.1) is 0 Å². The molecule has 3 aliphatic rings. The van der Waals surface area contributed by atoms with Crippen LogP contribution in [-0.2, 0) is 13.1 Å². The highest BCUT2D eigenvalue weighted by Gasteiger charge is 2.32. The molecule has 4 heteroatoms. The van der Waals surface area contributed by atoms with E-state index in [1.54, 1.807) is 0 Å². The maximum atomic E-state index is 4.72. The molecule has 4 nitrogen and oxygen atoms in total. The van der Waals surface area contributed by atoms with Gasteiger partial charge in [-0.3, -0.25) is 0 Å². The van der Waals surface area contributed by atoms with Crippen molar-refractivity contribution in [2.24, 2.45) is 0 Å². The summed E-state index contributed by atoms with van der Waals surface area (Å²) in [6.45, 7) is 1.88. The first kappa shape index (κ1) is 8.93. The zero-order valence-corrected chi connectivity index (χ0v) is 9.29. The molecule has 0 bridgehead atoms. The number of hydrogen-bond donors (Lipinski definition) is 2. The van der Waals surface area contributed by atoms with Crippen molar-refractivity contribution < 1.29 is 0 Å². The Kier molecular flexibility index (Phi) is 1.77. The van der Waals surface area contributed by atoms with Crippen molar-refractivity contribution in [3.05, 3.63) is 17.0 Å². The molecule has 1 aromatic heterocycles. The standard InChI is InChI=1S/C12H16N4/c1-2-7(1)11-9-5-13-6-10(9)15-12(16-11)14-8-3-4-8/h7-8,13H,1-6H2,(H,14,15,16). The van der Waals surface area contributed by atoms with E-state index in [1.807, 2.05) is 0 Å². The summed E-state index contributed by atoms with van der Waals surface area (Å²) in [4.78, 5) is 9.34. The van der Waals surface area contributed by atoms with Crippen molar-refractivity contribution in [1.29, 1.82) is 0 Å². The number of aromatic nitrogens is 2. The third-order valence-electron chi connectivity index (χ3n) is 3.59. The van der Waals surface area contributed by atoms with Crippen LogP contribution in [0.4, 0.5) is 5.95 Å². The predicted octanol–water partition coefficient (Wildman–Crippen LogP) is 1.53. The predicted molar refractivity (Wildman–Crippen MR) is 61.2 cm³/mol. The Balaban J connectivity index is 1.74. The molecule has 1 aromatic rings. The summed E-state index contributed by atoms with van der Waals surface area (Å²) in [7, 11) is 0. The van der Waals surface area contributed by atoms with Gasteiger partial charge in [-0.05, 0) is 25.7 Å². The maximum absolute atomic E-state index is 4.72. The van der Waals surface area contributed by atoms with E-state index in [-0.39, 0.29) is 0 Å². The molecule has 2 heterocycles. The van der Waals surface area contributed by atoms with E-state index < -0.39 is 0 Å². The first-order valence-corrected chi connectivity index (χ1v) is 6.27. The van der Waals surface area contributed by atoms with Gasteiger partial charge in [-0.25, -0.2) is 9.97 Å². The van der Waals surface area contributed by atoms with Gasteiger partial charge in [0.2, 0.25) is 5.95 Å². The summed E-state index contributed by atoms with van der Waals surface area (Å²) in [5.74, 6) is 1.59. The SMILES string of the molecule is C1NCc2c1nc(NC1CC1)nc2C1CC1. The molecule has 2 aliphatic carbocycles. The van der Waals surface area contributed by atoms with E-state index in [1.165, 1.54) is 42.6 Å². The molecule has 2 fully saturated rings. The van der Waals surface area contributed by atoms with E-state index in [0.29, 0.717) is 6.04 Å². The molecular formula is C12H16N4. The summed E-state index contributed by atoms with van der Waals surface area (Å²) in [6, 6.07) is 0.638. The first-order valence-electron chi connectivity index (χ1n) is 6.27. The molecule has 84 valence electrons. The molecule has 1 aliphatic heterocycles. The summed E-state index contributed by atoms with van der Waals surface area (Å²) in [5.41, 5.74) is 3.92. The molecule has 2 N–H and O–H groups in total. The Labute approximate surface area is 94.9 Å². The first-order chi connectivity index (χ1) is 7.90. The lowest BCUT2D eigenvalue weighted by Gasteiger charge is -2.09. The monoisotopic (exact) mass is 216 g/mol. The fourth-order valence-electron chi connectivity index (χ4n) is 2.36. The highest BCUT2D eigenvalue weighted by Crippen LogP contribution is 2.42. The van der Waals surface area contributed by atoms with E-state index in [2.05, 4.69) is 15.6 Å². The van der Waals surface area contributed by atoms with Crippen molar-refractivity contribution in [2.75, 3.05) is 5.32 Å². The highest BCUT2D eigenvalue weighted by molar-refractivity contribution is 5.40. The van der Waals surface area contributed by atoms with Gasteiger partial charge in [0.15, 0.2) is 0 Å². The zero-order valence-electron chi connectivity index (χ0n) is 9.29. The lowest BCUT2D eigenvalue weighted by Crippen LogP contribution is -2.09. The Bertz CT molecular complexity index is 435. The van der Waals surface area contributed by atoms with Gasteiger partial charge in [-0.1, -0.05) is 0 Å². The number of rotatable bonds is 3. The molecule has 2 saturated carbocycles. The Morgan fingerprint density at radius 2 is 1.94 bits per heavy atom. The summed E-state index contributed by atoms with van der Waals surface area (Å²) < 4.78 is 0. The van der Waals surface area contributed by atoms with Gasteiger partial charge >= 0.3 is 0 Å². The van der Waals surface area contributed by atoms with Gasteiger partial charge in [0, 0.05) is 30.6 Å². The van der Waals surface area contributed by atoms with Crippen molar-refractivity contribution in [1.82, 2.24) is 15.3 Å². The molecule has 0 atom stereocenters. The van der Waals surface area contributed by atoms with Crippen LogP contribution in [0.25, 0.3) is 0 Å². The average Bonchev–Trinajstić information content (AvgIpc) is 3.17. The Morgan fingerprint density at radius 1 is 1.06 bits per heavy atom. The quantitative estimate of drug-likeness (QED) is 0.804. The average molecular weight is 216 g/mol. The minimum absolute atomic E-state index is 0.638. The van der Waals surface area contributed by atoms with Crippen LogP contribution < -0.4 is 10.6 Å². The molecule has 0 aromatic carbocycles. The third kappa shape index (κ3) is 1.48. The smallest absolute Gasteiger partial charge is 0.223 e. The molecule has 4 rings (SSSR count). The molecular weight excluding hydrogens is 200 g/mol. The lowest BCUT2D eigenvalue weighted by atomic mass is 10.1. The van der Waals surface area contributed by atoms with Crippen LogP contribution in [0.15, 0.2) is 0 Å². The number of hydrogen-bond acceptors (Lipinski definition) is 4. The van der Waals surface area contributed by atoms with Gasteiger partial charge in [-0.2, -0.15) is 0 Å². The molecule has 0 spiro atoms. The molecule has 0 amide bonds.